The molecule has 2 heterocycles. The average molecular weight is 244 g/mol. The minimum absolute atomic E-state index is 0.478. The van der Waals surface area contributed by atoms with Crippen LogP contribution in [0.2, 0.25) is 0 Å². The molecule has 0 amide bonds. The molecule has 1 aliphatic carbocycles. The van der Waals surface area contributed by atoms with Crippen molar-refractivity contribution in [3.05, 3.63) is 45.9 Å². The lowest BCUT2D eigenvalue weighted by molar-refractivity contribution is 0.608. The molecule has 0 saturated heterocycles. The molecule has 0 fully saturated rings. The molecule has 1 atom stereocenters. The summed E-state index contributed by atoms with van der Waals surface area (Å²) in [6.07, 6.45) is 7.54. The van der Waals surface area contributed by atoms with Crippen LogP contribution in [-0.4, -0.2) is 4.98 Å². The van der Waals surface area contributed by atoms with Gasteiger partial charge in [0.2, 0.25) is 0 Å². The monoisotopic (exact) mass is 244 g/mol. The van der Waals surface area contributed by atoms with E-state index in [1.165, 1.54) is 36.1 Å². The van der Waals surface area contributed by atoms with Crippen LogP contribution in [0.3, 0.4) is 0 Å². The number of nitrogens with zero attached hydrogens (tertiary/aromatic N) is 1. The quantitative estimate of drug-likeness (QED) is 0.865. The van der Waals surface area contributed by atoms with Crippen molar-refractivity contribution in [3.63, 3.8) is 0 Å². The molecule has 0 saturated carbocycles. The molecule has 0 aromatic carbocycles. The van der Waals surface area contributed by atoms with Crippen molar-refractivity contribution in [2.24, 2.45) is 0 Å². The maximum Gasteiger partial charge on any atom is 0.0525 e. The summed E-state index contributed by atoms with van der Waals surface area (Å²) in [4.78, 5) is 5.69. The number of rotatable bonds is 2. The summed E-state index contributed by atoms with van der Waals surface area (Å²) in [6, 6.07) is 4.81. The molecule has 88 valence electrons. The normalized spacial score (nSPS) is 18.8. The Morgan fingerprint density at radius 3 is 3.24 bits per heavy atom. The largest absolute Gasteiger partial charge is 0.378 e. The number of anilines is 1. The molecule has 1 N–H and O–H groups in total. The fraction of sp³-hybridized carbons (Fsp3) is 0.357. The zero-order valence-corrected chi connectivity index (χ0v) is 10.8. The molecule has 1 aliphatic rings. The van der Waals surface area contributed by atoms with Crippen molar-refractivity contribution in [2.45, 2.75) is 32.2 Å². The average Bonchev–Trinajstić information content (AvgIpc) is 2.81. The first-order valence-electron chi connectivity index (χ1n) is 6.08. The molecule has 0 spiro atoms. The lowest BCUT2D eigenvalue weighted by atomic mass is 9.94. The Morgan fingerprint density at radius 1 is 1.41 bits per heavy atom. The number of aryl methyl sites for hydroxylation is 2. The van der Waals surface area contributed by atoms with Gasteiger partial charge in [0.15, 0.2) is 0 Å². The molecule has 1 unspecified atom stereocenters. The lowest BCUT2D eigenvalue weighted by Crippen LogP contribution is -2.16. The number of thiophene rings is 1. The van der Waals surface area contributed by atoms with Crippen LogP contribution < -0.4 is 5.32 Å². The third-order valence-electron chi connectivity index (χ3n) is 3.40. The van der Waals surface area contributed by atoms with Gasteiger partial charge in [-0.05, 0) is 54.8 Å². The summed E-state index contributed by atoms with van der Waals surface area (Å²) in [7, 11) is 0. The molecule has 2 aromatic rings. The maximum atomic E-state index is 4.13. The SMILES string of the molecule is Cc1cnccc1NC1CCCc2sccc21. The number of hydrogen-bond acceptors (Lipinski definition) is 3. The zero-order chi connectivity index (χ0) is 11.7. The fourth-order valence-electron chi connectivity index (χ4n) is 2.46. The first-order valence-corrected chi connectivity index (χ1v) is 6.96. The van der Waals surface area contributed by atoms with E-state index in [9.17, 15) is 0 Å². The highest BCUT2D eigenvalue weighted by Gasteiger charge is 2.21. The Balaban J connectivity index is 1.86. The molecular weight excluding hydrogens is 228 g/mol. The van der Waals surface area contributed by atoms with Crippen LogP contribution >= 0.6 is 11.3 Å². The second kappa shape index (κ2) is 4.49. The first kappa shape index (κ1) is 10.8. The standard InChI is InChI=1S/C14H16N2S/c1-10-9-15-7-5-12(10)16-13-3-2-4-14-11(13)6-8-17-14/h5-9,13H,2-4H2,1H3,(H,15,16). The highest BCUT2D eigenvalue weighted by Crippen LogP contribution is 2.35. The molecule has 3 heteroatoms. The summed E-state index contributed by atoms with van der Waals surface area (Å²) in [5, 5.41) is 5.87. The van der Waals surface area contributed by atoms with Crippen LogP contribution in [0.4, 0.5) is 5.69 Å². The molecular formula is C14H16N2S. The van der Waals surface area contributed by atoms with Gasteiger partial charge in [-0.15, -0.1) is 11.3 Å². The summed E-state index contributed by atoms with van der Waals surface area (Å²) in [6.45, 7) is 2.10. The lowest BCUT2D eigenvalue weighted by Gasteiger charge is -2.25. The van der Waals surface area contributed by atoms with Crippen molar-refractivity contribution < 1.29 is 0 Å². The first-order chi connectivity index (χ1) is 8.34. The second-order valence-corrected chi connectivity index (χ2v) is 5.58. The van der Waals surface area contributed by atoms with Crippen LogP contribution in [0.15, 0.2) is 29.9 Å². The van der Waals surface area contributed by atoms with Gasteiger partial charge in [0.25, 0.3) is 0 Å². The predicted molar refractivity (Wildman–Crippen MR) is 72.6 cm³/mol. The van der Waals surface area contributed by atoms with E-state index in [-0.39, 0.29) is 0 Å². The highest BCUT2D eigenvalue weighted by molar-refractivity contribution is 7.10. The topological polar surface area (TPSA) is 24.9 Å². The molecule has 17 heavy (non-hydrogen) atoms. The van der Waals surface area contributed by atoms with Crippen LogP contribution in [0.5, 0.6) is 0 Å². The van der Waals surface area contributed by atoms with E-state index in [2.05, 4.69) is 34.7 Å². The van der Waals surface area contributed by atoms with E-state index >= 15 is 0 Å². The van der Waals surface area contributed by atoms with E-state index in [1.807, 2.05) is 23.7 Å². The Hall–Kier alpha value is -1.35. The van der Waals surface area contributed by atoms with E-state index in [0.29, 0.717) is 6.04 Å². The number of fused-ring (bicyclic) bond motifs is 1. The second-order valence-electron chi connectivity index (χ2n) is 4.58. The van der Waals surface area contributed by atoms with Gasteiger partial charge < -0.3 is 5.32 Å². The Bertz CT molecular complexity index is 518. The Kier molecular flexibility index (Phi) is 2.85. The van der Waals surface area contributed by atoms with Gasteiger partial charge in [0.1, 0.15) is 0 Å². The molecule has 2 aromatic heterocycles. The van der Waals surface area contributed by atoms with Gasteiger partial charge in [0.05, 0.1) is 6.04 Å². The van der Waals surface area contributed by atoms with Gasteiger partial charge in [-0.25, -0.2) is 0 Å². The fourth-order valence-corrected chi connectivity index (χ4v) is 3.45. The minimum Gasteiger partial charge on any atom is -0.378 e. The smallest absolute Gasteiger partial charge is 0.0525 e. The summed E-state index contributed by atoms with van der Waals surface area (Å²) < 4.78 is 0. The van der Waals surface area contributed by atoms with Gasteiger partial charge in [-0.2, -0.15) is 0 Å². The van der Waals surface area contributed by atoms with Crippen LogP contribution in [0.1, 0.15) is 34.9 Å². The number of pyridine rings is 1. The Morgan fingerprint density at radius 2 is 2.35 bits per heavy atom. The van der Waals surface area contributed by atoms with Crippen molar-refractivity contribution >= 4 is 17.0 Å². The van der Waals surface area contributed by atoms with E-state index in [1.54, 1.807) is 4.88 Å². The molecule has 0 radical (unpaired) electrons. The van der Waals surface area contributed by atoms with Crippen molar-refractivity contribution in [1.29, 1.82) is 0 Å². The molecule has 0 aliphatic heterocycles. The van der Waals surface area contributed by atoms with Crippen LogP contribution in [0, 0.1) is 6.92 Å². The number of aromatic nitrogens is 1. The zero-order valence-electron chi connectivity index (χ0n) is 9.94. The summed E-state index contributed by atoms with van der Waals surface area (Å²) in [5.41, 5.74) is 3.93. The van der Waals surface area contributed by atoms with Gasteiger partial charge in [-0.3, -0.25) is 4.98 Å². The highest BCUT2D eigenvalue weighted by atomic mass is 32.1. The van der Waals surface area contributed by atoms with Gasteiger partial charge >= 0.3 is 0 Å². The van der Waals surface area contributed by atoms with Crippen molar-refractivity contribution in [3.8, 4) is 0 Å². The summed E-state index contributed by atoms with van der Waals surface area (Å²) >= 11 is 1.89. The van der Waals surface area contributed by atoms with Gasteiger partial charge in [-0.1, -0.05) is 0 Å². The maximum absolute atomic E-state index is 4.13. The van der Waals surface area contributed by atoms with E-state index < -0.39 is 0 Å². The number of hydrogen-bond donors (Lipinski definition) is 1. The van der Waals surface area contributed by atoms with E-state index in [4.69, 9.17) is 0 Å². The van der Waals surface area contributed by atoms with Gasteiger partial charge in [0, 0.05) is 23.0 Å². The third-order valence-corrected chi connectivity index (χ3v) is 4.40. The third kappa shape index (κ3) is 2.07. The minimum atomic E-state index is 0.478. The molecule has 3 rings (SSSR count). The van der Waals surface area contributed by atoms with E-state index in [0.717, 1.165) is 0 Å². The predicted octanol–water partition coefficient (Wildman–Crippen LogP) is 3.94. The molecule has 0 bridgehead atoms. The van der Waals surface area contributed by atoms with Crippen LogP contribution in [0.25, 0.3) is 0 Å². The Labute approximate surface area is 106 Å². The van der Waals surface area contributed by atoms with Crippen molar-refractivity contribution in [2.75, 3.05) is 5.32 Å². The number of nitrogens with one attached hydrogen (secondary N) is 1. The van der Waals surface area contributed by atoms with Crippen molar-refractivity contribution in [1.82, 2.24) is 4.98 Å². The van der Waals surface area contributed by atoms with Crippen LogP contribution in [-0.2, 0) is 6.42 Å². The molecule has 2 nitrogen and oxygen atoms in total. The summed E-state index contributed by atoms with van der Waals surface area (Å²) in [5.74, 6) is 0.